The molecule has 1 heterocycles. The van der Waals surface area contributed by atoms with Gasteiger partial charge in [0.1, 0.15) is 11.4 Å². The number of carbonyl (C=O) groups is 1. The number of rotatable bonds is 2. The molecule has 1 aromatic heterocycles. The third-order valence-electron chi connectivity index (χ3n) is 1.23. The summed E-state index contributed by atoms with van der Waals surface area (Å²) in [6.45, 7) is 0. The predicted molar refractivity (Wildman–Crippen MR) is 47.3 cm³/mol. The summed E-state index contributed by atoms with van der Waals surface area (Å²) < 4.78 is 24.6. The molecule has 0 atom stereocenters. The van der Waals surface area contributed by atoms with E-state index in [1.54, 1.807) is 0 Å². The first kappa shape index (κ1) is 9.50. The summed E-state index contributed by atoms with van der Waals surface area (Å²) in [5, 5.41) is 0. The van der Waals surface area contributed by atoms with Gasteiger partial charge in [0.2, 0.25) is 0 Å². The van der Waals surface area contributed by atoms with Crippen LogP contribution in [0.2, 0.25) is 0 Å². The van der Waals surface area contributed by atoms with Crippen LogP contribution < -0.4 is 0 Å². The van der Waals surface area contributed by atoms with E-state index in [9.17, 15) is 13.6 Å². The standard InChI is InChI=1S/C7H4F2INO/c8-7(9)5-2-1-4(10)6(3-12)11-5/h1-3,7H. The molecular formula is C7H4F2INO. The average molecular weight is 283 g/mol. The Morgan fingerprint density at radius 1 is 1.50 bits per heavy atom. The average Bonchev–Trinajstić information content (AvgIpc) is 2.05. The zero-order valence-electron chi connectivity index (χ0n) is 5.80. The maximum absolute atomic E-state index is 12.0. The maximum atomic E-state index is 12.0. The lowest BCUT2D eigenvalue weighted by atomic mass is 10.3. The fraction of sp³-hybridized carbons (Fsp3) is 0.143. The van der Waals surface area contributed by atoms with Gasteiger partial charge in [-0.15, -0.1) is 0 Å². The molecule has 5 heteroatoms. The number of hydrogen-bond donors (Lipinski definition) is 0. The predicted octanol–water partition coefficient (Wildman–Crippen LogP) is 2.44. The molecular weight excluding hydrogens is 279 g/mol. The molecule has 1 rings (SSSR count). The Kier molecular flexibility index (Phi) is 3.07. The van der Waals surface area contributed by atoms with Gasteiger partial charge in [0, 0.05) is 3.57 Å². The third-order valence-corrected chi connectivity index (χ3v) is 2.14. The molecule has 2 nitrogen and oxygen atoms in total. The van der Waals surface area contributed by atoms with E-state index < -0.39 is 6.43 Å². The lowest BCUT2D eigenvalue weighted by Gasteiger charge is -2.00. The summed E-state index contributed by atoms with van der Waals surface area (Å²) in [4.78, 5) is 13.8. The zero-order chi connectivity index (χ0) is 9.14. The fourth-order valence-electron chi connectivity index (χ4n) is 0.678. The molecule has 0 aromatic carbocycles. The van der Waals surface area contributed by atoms with Gasteiger partial charge in [0.15, 0.2) is 6.29 Å². The molecule has 0 aliphatic carbocycles. The smallest absolute Gasteiger partial charge is 0.280 e. The van der Waals surface area contributed by atoms with E-state index in [1.807, 2.05) is 22.6 Å². The molecule has 0 radical (unpaired) electrons. The van der Waals surface area contributed by atoms with Gasteiger partial charge in [-0.1, -0.05) is 0 Å². The van der Waals surface area contributed by atoms with Gasteiger partial charge in [-0.3, -0.25) is 4.79 Å². The number of alkyl halides is 2. The zero-order valence-corrected chi connectivity index (χ0v) is 7.96. The number of hydrogen-bond acceptors (Lipinski definition) is 2. The van der Waals surface area contributed by atoms with Crippen LogP contribution in [0.1, 0.15) is 22.6 Å². The van der Waals surface area contributed by atoms with E-state index in [-0.39, 0.29) is 11.4 Å². The van der Waals surface area contributed by atoms with Crippen molar-refractivity contribution in [2.45, 2.75) is 6.43 Å². The second kappa shape index (κ2) is 3.88. The molecule has 0 aliphatic heterocycles. The minimum Gasteiger partial charge on any atom is -0.296 e. The molecule has 0 aliphatic rings. The second-order valence-corrected chi connectivity index (χ2v) is 3.18. The van der Waals surface area contributed by atoms with Crippen LogP contribution in [-0.4, -0.2) is 11.3 Å². The SMILES string of the molecule is O=Cc1nc(C(F)F)ccc1I. The highest BCUT2D eigenvalue weighted by molar-refractivity contribution is 14.1. The van der Waals surface area contributed by atoms with E-state index in [2.05, 4.69) is 4.98 Å². The summed E-state index contributed by atoms with van der Waals surface area (Å²) >= 11 is 1.86. The third kappa shape index (κ3) is 1.96. The van der Waals surface area contributed by atoms with Crippen molar-refractivity contribution in [3.63, 3.8) is 0 Å². The van der Waals surface area contributed by atoms with Crippen LogP contribution in [0, 0.1) is 3.57 Å². The monoisotopic (exact) mass is 283 g/mol. The molecule has 0 saturated heterocycles. The number of pyridine rings is 1. The van der Waals surface area contributed by atoms with Gasteiger partial charge in [-0.05, 0) is 34.7 Å². The topological polar surface area (TPSA) is 30.0 Å². The summed E-state index contributed by atoms with van der Waals surface area (Å²) in [6.07, 6.45) is -2.16. The van der Waals surface area contributed by atoms with E-state index in [4.69, 9.17) is 0 Å². The van der Waals surface area contributed by atoms with Crippen LogP contribution in [0.25, 0.3) is 0 Å². The van der Waals surface area contributed by atoms with Gasteiger partial charge in [0.05, 0.1) is 0 Å². The van der Waals surface area contributed by atoms with Crippen molar-refractivity contribution in [3.05, 3.63) is 27.1 Å². The quantitative estimate of drug-likeness (QED) is 0.616. The van der Waals surface area contributed by atoms with Gasteiger partial charge < -0.3 is 0 Å². The van der Waals surface area contributed by atoms with E-state index in [1.165, 1.54) is 12.1 Å². The Bertz CT molecular complexity index is 303. The highest BCUT2D eigenvalue weighted by Crippen LogP contribution is 2.18. The highest BCUT2D eigenvalue weighted by Gasteiger charge is 2.10. The van der Waals surface area contributed by atoms with Crippen molar-refractivity contribution in [3.8, 4) is 0 Å². The van der Waals surface area contributed by atoms with E-state index in [0.717, 1.165) is 0 Å². The number of nitrogens with zero attached hydrogens (tertiary/aromatic N) is 1. The van der Waals surface area contributed by atoms with Crippen LogP contribution >= 0.6 is 22.6 Å². The number of aldehydes is 1. The number of aromatic nitrogens is 1. The lowest BCUT2D eigenvalue weighted by Crippen LogP contribution is -1.97. The largest absolute Gasteiger partial charge is 0.296 e. The fourth-order valence-corrected chi connectivity index (χ4v) is 1.11. The summed E-state index contributed by atoms with van der Waals surface area (Å²) in [5.41, 5.74) is -0.300. The van der Waals surface area contributed by atoms with Crippen LogP contribution in [0.4, 0.5) is 8.78 Å². The number of carbonyl (C=O) groups excluding carboxylic acids is 1. The van der Waals surface area contributed by atoms with Crippen LogP contribution in [0.5, 0.6) is 0 Å². The molecule has 0 amide bonds. The van der Waals surface area contributed by atoms with Crippen molar-refractivity contribution in [1.29, 1.82) is 0 Å². The van der Waals surface area contributed by atoms with Crippen molar-refractivity contribution in [2.24, 2.45) is 0 Å². The molecule has 0 N–H and O–H groups in total. The van der Waals surface area contributed by atoms with E-state index >= 15 is 0 Å². The van der Waals surface area contributed by atoms with E-state index in [0.29, 0.717) is 9.86 Å². The van der Waals surface area contributed by atoms with Crippen molar-refractivity contribution in [1.82, 2.24) is 4.98 Å². The first-order valence-corrected chi connectivity index (χ1v) is 4.13. The molecule has 1 aromatic rings. The molecule has 64 valence electrons. The minimum absolute atomic E-state index is 0.0633. The summed E-state index contributed by atoms with van der Waals surface area (Å²) in [6, 6.07) is 2.65. The molecule has 12 heavy (non-hydrogen) atoms. The molecule has 0 bridgehead atoms. The minimum atomic E-state index is -2.62. The Morgan fingerprint density at radius 2 is 2.17 bits per heavy atom. The van der Waals surface area contributed by atoms with Crippen molar-refractivity contribution >= 4 is 28.9 Å². The molecule has 0 fully saturated rings. The normalized spacial score (nSPS) is 10.3. The molecule has 0 unspecified atom stereocenters. The molecule has 0 spiro atoms. The van der Waals surface area contributed by atoms with Gasteiger partial charge >= 0.3 is 0 Å². The Balaban J connectivity index is 3.13. The van der Waals surface area contributed by atoms with Gasteiger partial charge in [-0.25, -0.2) is 13.8 Å². The second-order valence-electron chi connectivity index (χ2n) is 2.02. The van der Waals surface area contributed by atoms with Gasteiger partial charge in [0.25, 0.3) is 6.43 Å². The highest BCUT2D eigenvalue weighted by atomic mass is 127. The maximum Gasteiger partial charge on any atom is 0.280 e. The first-order valence-electron chi connectivity index (χ1n) is 3.05. The van der Waals surface area contributed by atoms with Crippen LogP contribution in [-0.2, 0) is 0 Å². The van der Waals surface area contributed by atoms with Crippen LogP contribution in [0.3, 0.4) is 0 Å². The Labute approximate surface area is 81.1 Å². The Hall–Kier alpha value is -0.590. The van der Waals surface area contributed by atoms with Crippen molar-refractivity contribution < 1.29 is 13.6 Å². The Morgan fingerprint density at radius 3 is 2.67 bits per heavy atom. The summed E-state index contributed by atoms with van der Waals surface area (Å²) in [7, 11) is 0. The lowest BCUT2D eigenvalue weighted by molar-refractivity contribution is 0.111. The summed E-state index contributed by atoms with van der Waals surface area (Å²) in [5.74, 6) is 0. The van der Waals surface area contributed by atoms with Crippen molar-refractivity contribution in [2.75, 3.05) is 0 Å². The number of halogens is 3. The van der Waals surface area contributed by atoms with Crippen LogP contribution in [0.15, 0.2) is 12.1 Å². The molecule has 0 saturated carbocycles. The van der Waals surface area contributed by atoms with Gasteiger partial charge in [-0.2, -0.15) is 0 Å². The first-order chi connectivity index (χ1) is 5.65.